The summed E-state index contributed by atoms with van der Waals surface area (Å²) in [6.07, 6.45) is 21.0. The first-order valence-electron chi connectivity index (χ1n) is 9.32. The van der Waals surface area contributed by atoms with E-state index >= 15 is 0 Å². The number of carboxylic acid groups (broad SMARTS) is 2. The van der Waals surface area contributed by atoms with Crippen LogP contribution in [0, 0.1) is 24.7 Å². The van der Waals surface area contributed by atoms with Crippen LogP contribution in [0.5, 0.6) is 0 Å². The predicted octanol–water partition coefficient (Wildman–Crippen LogP) is -4.68. The van der Waals surface area contributed by atoms with Gasteiger partial charge in [-0.15, -0.1) is 24.7 Å². The number of rotatable bonds is 12. The summed E-state index contributed by atoms with van der Waals surface area (Å²) < 4.78 is 28.5. The van der Waals surface area contributed by atoms with Gasteiger partial charge in [0.2, 0.25) is 0 Å². The summed E-state index contributed by atoms with van der Waals surface area (Å²) in [5.41, 5.74) is 0. The zero-order chi connectivity index (χ0) is 22.4. The summed E-state index contributed by atoms with van der Waals surface area (Å²) in [6, 6.07) is 0. The van der Waals surface area contributed by atoms with Gasteiger partial charge >= 0.3 is 59.1 Å². The summed E-state index contributed by atoms with van der Waals surface area (Å²) in [7, 11) is -4.94. The molecular formula is C20H32Na2O7S. The second-order valence-corrected chi connectivity index (χ2v) is 7.53. The van der Waals surface area contributed by atoms with Crippen LogP contribution in [0.2, 0.25) is 0 Å². The van der Waals surface area contributed by atoms with E-state index in [1.165, 1.54) is 51.4 Å². The molecule has 0 aromatic rings. The third-order valence-corrected chi connectivity index (χ3v) is 4.40. The Labute approximate surface area is 226 Å². The van der Waals surface area contributed by atoms with Gasteiger partial charge in [-0.3, -0.25) is 4.55 Å². The molecule has 30 heavy (non-hydrogen) atoms. The fourth-order valence-corrected chi connectivity index (χ4v) is 2.36. The van der Waals surface area contributed by atoms with Crippen LogP contribution < -0.4 is 69.3 Å². The van der Waals surface area contributed by atoms with Gasteiger partial charge in [-0.25, -0.2) is 0 Å². The predicted molar refractivity (Wildman–Crippen MR) is 105 cm³/mol. The van der Waals surface area contributed by atoms with Crippen LogP contribution in [0.15, 0.2) is 0 Å². The van der Waals surface area contributed by atoms with Crippen LogP contribution in [0.3, 0.4) is 0 Å². The second-order valence-electron chi connectivity index (χ2n) is 5.93. The molecule has 0 fully saturated rings. The molecule has 0 amide bonds. The molecule has 0 aromatic heterocycles. The van der Waals surface area contributed by atoms with E-state index in [0.29, 0.717) is 0 Å². The Balaban J connectivity index is -0.000000104. The van der Waals surface area contributed by atoms with Crippen LogP contribution in [0.1, 0.15) is 84.5 Å². The van der Waals surface area contributed by atoms with Crippen molar-refractivity contribution < 1.29 is 91.9 Å². The smallest absolute Gasteiger partial charge is 0.550 e. The van der Waals surface area contributed by atoms with Crippen molar-refractivity contribution in [3.8, 4) is 24.7 Å². The van der Waals surface area contributed by atoms with E-state index in [2.05, 4.69) is 25.7 Å². The van der Waals surface area contributed by atoms with Crippen molar-refractivity contribution in [3.63, 3.8) is 0 Å². The van der Waals surface area contributed by atoms with E-state index in [9.17, 15) is 28.2 Å². The normalized spacial score (nSPS) is 10.0. The van der Waals surface area contributed by atoms with Crippen molar-refractivity contribution in [3.05, 3.63) is 0 Å². The molecular weight excluding hydrogens is 430 g/mol. The van der Waals surface area contributed by atoms with E-state index in [4.69, 9.17) is 17.4 Å². The van der Waals surface area contributed by atoms with Crippen LogP contribution in [-0.4, -0.2) is 30.2 Å². The molecule has 162 valence electrons. The van der Waals surface area contributed by atoms with Crippen LogP contribution in [0.4, 0.5) is 0 Å². The molecule has 1 unspecified atom stereocenters. The maximum Gasteiger partial charge on any atom is 1.00 e. The second kappa shape index (κ2) is 29.0. The average molecular weight is 463 g/mol. The maximum absolute atomic E-state index is 10.2. The fraction of sp³-hybridized carbons (Fsp3) is 0.700. The van der Waals surface area contributed by atoms with Gasteiger partial charge in [0.05, 0.1) is 5.97 Å². The minimum Gasteiger partial charge on any atom is -0.550 e. The summed E-state index contributed by atoms with van der Waals surface area (Å²) >= 11 is 0. The number of carbonyl (C=O) groups excluding carboxylic acids is 2. The first-order valence-corrected chi connectivity index (χ1v) is 10.8. The van der Waals surface area contributed by atoms with Gasteiger partial charge < -0.3 is 19.8 Å². The molecule has 0 aliphatic heterocycles. The number of terminal acetylenes is 2. The van der Waals surface area contributed by atoms with Gasteiger partial charge in [-0.05, 0) is 12.8 Å². The molecule has 0 radical (unpaired) electrons. The van der Waals surface area contributed by atoms with Crippen molar-refractivity contribution in [2.24, 2.45) is 0 Å². The minimum atomic E-state index is -4.94. The van der Waals surface area contributed by atoms with Gasteiger partial charge in [0, 0.05) is 25.2 Å². The molecule has 1 atom stereocenters. The third kappa shape index (κ3) is 35.4. The Hall–Kier alpha value is -0.0300. The first-order chi connectivity index (χ1) is 13.1. The number of carbonyl (C=O) groups is 2. The monoisotopic (exact) mass is 462 g/mol. The summed E-state index contributed by atoms with van der Waals surface area (Å²) in [4.78, 5) is 19.7. The summed E-state index contributed by atoms with van der Waals surface area (Å²) in [5, 5.41) is 17.3. The summed E-state index contributed by atoms with van der Waals surface area (Å²) in [5.74, 6) is 1.17. The quantitative estimate of drug-likeness (QED) is 0.133. The van der Waals surface area contributed by atoms with Crippen molar-refractivity contribution in [1.29, 1.82) is 0 Å². The molecule has 0 rings (SSSR count). The molecule has 7 nitrogen and oxygen atoms in total. The standard InChI is InChI=1S/2C8H14.C4H6O7S.2Na/c2*1-3-5-7-8-6-4-2;5-3(6)1-2(4(7)8)12(9,10)11;;/h2*1H,4-8H2,2H3;2H,1H2,(H,5,6)(H,7,8)(H,9,10,11);;/q;;;2*+1/p-2. The molecule has 0 heterocycles. The molecule has 0 saturated carbocycles. The van der Waals surface area contributed by atoms with E-state index in [-0.39, 0.29) is 59.1 Å². The number of unbranched alkanes of at least 4 members (excludes halogenated alkanes) is 8. The van der Waals surface area contributed by atoms with E-state index in [0.717, 1.165) is 12.8 Å². The SMILES string of the molecule is C#CCCCCCC.C#CCCCCCC.O=C([O-])CC(C(=O)[O-])S(=O)(=O)O.[Na+].[Na+]. The van der Waals surface area contributed by atoms with Gasteiger partial charge in [-0.2, -0.15) is 8.42 Å². The molecule has 0 aliphatic rings. The van der Waals surface area contributed by atoms with E-state index < -0.39 is 33.7 Å². The molecule has 1 N–H and O–H groups in total. The molecule has 10 heteroatoms. The topological polar surface area (TPSA) is 135 Å². The third-order valence-electron chi connectivity index (χ3n) is 3.32. The van der Waals surface area contributed by atoms with Crippen molar-refractivity contribution >= 4 is 22.1 Å². The maximum atomic E-state index is 10.2. The Bertz CT molecular complexity index is 571. The number of carboxylic acids is 2. The van der Waals surface area contributed by atoms with Gasteiger partial charge in [0.15, 0.2) is 0 Å². The van der Waals surface area contributed by atoms with Crippen molar-refractivity contribution in [1.82, 2.24) is 0 Å². The Morgan fingerprint density at radius 2 is 1.23 bits per heavy atom. The Kier molecular flexibility index (Phi) is 39.0. The van der Waals surface area contributed by atoms with E-state index in [1.807, 2.05) is 0 Å². The molecule has 0 saturated heterocycles. The molecule has 0 aromatic carbocycles. The van der Waals surface area contributed by atoms with Crippen LogP contribution >= 0.6 is 0 Å². The van der Waals surface area contributed by atoms with Gasteiger partial charge in [-0.1, -0.05) is 52.4 Å². The molecule has 0 aliphatic carbocycles. The number of aliphatic carboxylic acids is 2. The number of hydrogen-bond acceptors (Lipinski definition) is 6. The molecule has 0 spiro atoms. The minimum absolute atomic E-state index is 0. The Morgan fingerprint density at radius 1 is 0.867 bits per heavy atom. The van der Waals surface area contributed by atoms with Crippen molar-refractivity contribution in [2.75, 3.05) is 0 Å². The van der Waals surface area contributed by atoms with Crippen LogP contribution in [0.25, 0.3) is 0 Å². The first kappa shape index (κ1) is 40.3. The van der Waals surface area contributed by atoms with E-state index in [1.54, 1.807) is 0 Å². The zero-order valence-corrected chi connectivity index (χ0v) is 23.6. The van der Waals surface area contributed by atoms with Crippen molar-refractivity contribution in [2.45, 2.75) is 89.7 Å². The zero-order valence-electron chi connectivity index (χ0n) is 18.8. The fourth-order valence-electron chi connectivity index (χ4n) is 1.77. The van der Waals surface area contributed by atoms with Gasteiger partial charge in [0.1, 0.15) is 5.25 Å². The largest absolute Gasteiger partial charge is 1.00 e. The number of hydrogen-bond donors (Lipinski definition) is 1. The van der Waals surface area contributed by atoms with Crippen LogP contribution in [-0.2, 0) is 19.7 Å². The van der Waals surface area contributed by atoms with Gasteiger partial charge in [0.25, 0.3) is 10.1 Å². The molecule has 0 bridgehead atoms. The summed E-state index contributed by atoms with van der Waals surface area (Å²) in [6.45, 7) is 4.41. The Morgan fingerprint density at radius 3 is 1.40 bits per heavy atom. The average Bonchev–Trinajstić information content (AvgIpc) is 2.60.